The first kappa shape index (κ1) is 22.2. The molecule has 0 unspecified atom stereocenters. The van der Waals surface area contributed by atoms with E-state index in [-0.39, 0.29) is 18.4 Å². The molecule has 3 rings (SSSR count). The molecule has 3 aliphatic rings. The monoisotopic (exact) mass is 410 g/mol. The van der Waals surface area contributed by atoms with E-state index in [1.54, 1.807) is 6.92 Å². The molecular formula is C22H34O7. The minimum Gasteiger partial charge on any atom is -0.458 e. The van der Waals surface area contributed by atoms with Crippen molar-refractivity contribution in [2.24, 2.45) is 11.8 Å². The third-order valence-corrected chi connectivity index (χ3v) is 7.07. The van der Waals surface area contributed by atoms with Gasteiger partial charge in [-0.15, -0.1) is 0 Å². The Labute approximate surface area is 172 Å². The molecule has 8 atom stereocenters. The zero-order chi connectivity index (χ0) is 21.6. The molecule has 7 heteroatoms. The Morgan fingerprint density at radius 2 is 1.97 bits per heavy atom. The van der Waals surface area contributed by atoms with Crippen LogP contribution in [0.5, 0.6) is 0 Å². The average Bonchev–Trinajstić information content (AvgIpc) is 3.16. The van der Waals surface area contributed by atoms with Crippen LogP contribution in [0.1, 0.15) is 66.2 Å². The first-order chi connectivity index (χ1) is 13.4. The van der Waals surface area contributed by atoms with Crippen LogP contribution in [-0.4, -0.2) is 57.8 Å². The first-order valence-electron chi connectivity index (χ1n) is 10.6. The van der Waals surface area contributed by atoms with E-state index in [9.17, 15) is 19.8 Å². The van der Waals surface area contributed by atoms with Gasteiger partial charge in [0, 0.05) is 18.4 Å². The number of carbonyl (C=O) groups is 2. The van der Waals surface area contributed by atoms with Crippen LogP contribution in [0.3, 0.4) is 0 Å². The van der Waals surface area contributed by atoms with Gasteiger partial charge in [-0.25, -0.2) is 4.79 Å². The summed E-state index contributed by atoms with van der Waals surface area (Å²) < 4.78 is 17.4. The Morgan fingerprint density at radius 1 is 1.28 bits per heavy atom. The first-order valence-corrected chi connectivity index (χ1v) is 10.6. The minimum atomic E-state index is -1.01. The Balaban J connectivity index is 1.95. The molecule has 2 N–H and O–H groups in total. The molecule has 29 heavy (non-hydrogen) atoms. The van der Waals surface area contributed by atoms with Gasteiger partial charge in [-0.05, 0) is 51.9 Å². The summed E-state index contributed by atoms with van der Waals surface area (Å²) in [7, 11) is 0. The Hall–Kier alpha value is -1.44. The maximum atomic E-state index is 12.3. The van der Waals surface area contributed by atoms with Crippen molar-refractivity contribution in [1.29, 1.82) is 0 Å². The molecule has 0 aliphatic carbocycles. The van der Waals surface area contributed by atoms with Gasteiger partial charge in [0.2, 0.25) is 0 Å². The lowest BCUT2D eigenvalue weighted by Gasteiger charge is -2.36. The number of hydrogen-bond donors (Lipinski definition) is 2. The van der Waals surface area contributed by atoms with Crippen molar-refractivity contribution in [3.8, 4) is 0 Å². The summed E-state index contributed by atoms with van der Waals surface area (Å²) in [6, 6.07) is 0. The molecule has 0 amide bonds. The summed E-state index contributed by atoms with van der Waals surface area (Å²) in [4.78, 5) is 24.1. The Morgan fingerprint density at radius 3 is 2.62 bits per heavy atom. The van der Waals surface area contributed by atoms with E-state index in [1.165, 1.54) is 6.92 Å². The van der Waals surface area contributed by atoms with Crippen molar-refractivity contribution in [1.82, 2.24) is 0 Å². The van der Waals surface area contributed by atoms with Gasteiger partial charge in [-0.3, -0.25) is 4.79 Å². The zero-order valence-corrected chi connectivity index (χ0v) is 17.8. The molecule has 3 aliphatic heterocycles. The molecule has 164 valence electrons. The highest BCUT2D eigenvalue weighted by molar-refractivity contribution is 5.91. The molecule has 0 aromatic rings. The summed E-state index contributed by atoms with van der Waals surface area (Å²) in [6.07, 6.45) is 0.848. The third-order valence-electron chi connectivity index (χ3n) is 7.07. The number of rotatable bonds is 1. The van der Waals surface area contributed by atoms with E-state index >= 15 is 0 Å². The van der Waals surface area contributed by atoms with Gasteiger partial charge < -0.3 is 24.4 Å². The number of aliphatic hydroxyl groups excluding tert-OH is 1. The molecule has 3 heterocycles. The van der Waals surface area contributed by atoms with Crippen LogP contribution >= 0.6 is 0 Å². The fourth-order valence-corrected chi connectivity index (χ4v) is 5.04. The molecule has 0 spiro atoms. The number of fused-ring (bicyclic) bond motifs is 3. The molecule has 2 bridgehead atoms. The van der Waals surface area contributed by atoms with E-state index in [1.807, 2.05) is 13.8 Å². The maximum absolute atomic E-state index is 12.3. The van der Waals surface area contributed by atoms with Crippen molar-refractivity contribution >= 4 is 11.9 Å². The average molecular weight is 411 g/mol. The van der Waals surface area contributed by atoms with Crippen molar-refractivity contribution in [3.05, 3.63) is 12.2 Å². The van der Waals surface area contributed by atoms with Crippen molar-refractivity contribution in [2.45, 2.75) is 102 Å². The smallest absolute Gasteiger partial charge is 0.334 e. The van der Waals surface area contributed by atoms with Crippen molar-refractivity contribution < 1.29 is 34.0 Å². The predicted octanol–water partition coefficient (Wildman–Crippen LogP) is 2.28. The Kier molecular flexibility index (Phi) is 6.14. The highest BCUT2D eigenvalue weighted by Gasteiger charge is 2.52. The van der Waals surface area contributed by atoms with Gasteiger partial charge in [0.25, 0.3) is 0 Å². The second kappa shape index (κ2) is 8.00. The lowest BCUT2D eigenvalue weighted by Crippen LogP contribution is -2.46. The topological polar surface area (TPSA) is 102 Å². The molecule has 0 saturated carbocycles. The molecule has 0 aromatic heterocycles. The second-order valence-electron chi connectivity index (χ2n) is 9.51. The van der Waals surface area contributed by atoms with E-state index in [2.05, 4.69) is 6.58 Å². The largest absolute Gasteiger partial charge is 0.458 e. The highest BCUT2D eigenvalue weighted by atomic mass is 16.6. The molecule has 3 fully saturated rings. The lowest BCUT2D eigenvalue weighted by atomic mass is 9.79. The fourth-order valence-electron chi connectivity index (χ4n) is 5.04. The van der Waals surface area contributed by atoms with Gasteiger partial charge >= 0.3 is 11.9 Å². The third kappa shape index (κ3) is 4.37. The standard InChI is InChI=1S/C22H34O7/c1-12-7-6-9-21(4,26)17-8-10-22(5,29-17)16(24)11-15-13(2)20(25)28-19(15)18(12)27-14(3)23/h12,15-19,24,26H,2,6-11H2,1,3-5H3/t12-,15-,16-,17+,18+,19+,21-,22-/m0/s1. The van der Waals surface area contributed by atoms with Gasteiger partial charge in [-0.1, -0.05) is 19.9 Å². The summed E-state index contributed by atoms with van der Waals surface area (Å²) in [5, 5.41) is 22.0. The quantitative estimate of drug-likeness (QED) is 0.505. The van der Waals surface area contributed by atoms with Crippen LogP contribution in [0, 0.1) is 11.8 Å². The molecule has 3 saturated heterocycles. The van der Waals surface area contributed by atoms with E-state index in [4.69, 9.17) is 14.2 Å². The normalized spacial score (nSPS) is 46.1. The van der Waals surface area contributed by atoms with E-state index < -0.39 is 47.4 Å². The fraction of sp³-hybridized carbons (Fsp3) is 0.818. The van der Waals surface area contributed by atoms with E-state index in [0.29, 0.717) is 37.7 Å². The summed E-state index contributed by atoms with van der Waals surface area (Å²) in [6.45, 7) is 10.8. The number of carbonyl (C=O) groups excluding carboxylic acids is 2. The number of ether oxygens (including phenoxy) is 3. The number of aliphatic hydroxyl groups is 2. The van der Waals surface area contributed by atoms with Crippen LogP contribution in [0.15, 0.2) is 12.2 Å². The maximum Gasteiger partial charge on any atom is 0.334 e. The second-order valence-corrected chi connectivity index (χ2v) is 9.51. The molecule has 0 aromatic carbocycles. The predicted molar refractivity (Wildman–Crippen MR) is 105 cm³/mol. The molecule has 7 nitrogen and oxygen atoms in total. The zero-order valence-electron chi connectivity index (χ0n) is 17.8. The van der Waals surface area contributed by atoms with Crippen LogP contribution < -0.4 is 0 Å². The van der Waals surface area contributed by atoms with Gasteiger partial charge in [0.05, 0.1) is 23.4 Å². The van der Waals surface area contributed by atoms with Crippen LogP contribution in [-0.2, 0) is 23.8 Å². The van der Waals surface area contributed by atoms with Gasteiger partial charge in [0.15, 0.2) is 0 Å². The summed E-state index contributed by atoms with van der Waals surface area (Å²) in [5.41, 5.74) is -1.55. The van der Waals surface area contributed by atoms with Crippen LogP contribution in [0.2, 0.25) is 0 Å². The van der Waals surface area contributed by atoms with E-state index in [0.717, 1.165) is 0 Å². The lowest BCUT2D eigenvalue weighted by molar-refractivity contribution is -0.169. The molecular weight excluding hydrogens is 376 g/mol. The molecule has 0 radical (unpaired) electrons. The number of esters is 2. The number of hydrogen-bond acceptors (Lipinski definition) is 7. The van der Waals surface area contributed by atoms with Gasteiger partial charge in [0.1, 0.15) is 12.2 Å². The van der Waals surface area contributed by atoms with Gasteiger partial charge in [-0.2, -0.15) is 0 Å². The summed E-state index contributed by atoms with van der Waals surface area (Å²) >= 11 is 0. The SMILES string of the molecule is C=C1C(=O)O[C@H]2[C@H](OC(C)=O)[C@@H](C)CCC[C@](C)(O)[C@H]3CC[C@](C)(O3)[C@@H](O)C[C@@H]12. The van der Waals surface area contributed by atoms with Crippen LogP contribution in [0.4, 0.5) is 0 Å². The van der Waals surface area contributed by atoms with Crippen molar-refractivity contribution in [3.63, 3.8) is 0 Å². The minimum absolute atomic E-state index is 0.0903. The highest BCUT2D eigenvalue weighted by Crippen LogP contribution is 2.44. The summed E-state index contributed by atoms with van der Waals surface area (Å²) in [5.74, 6) is -1.51. The van der Waals surface area contributed by atoms with Crippen LogP contribution in [0.25, 0.3) is 0 Å². The van der Waals surface area contributed by atoms with Crippen molar-refractivity contribution in [2.75, 3.05) is 0 Å². The Bertz CT molecular complexity index is 672.